The van der Waals surface area contributed by atoms with Crippen molar-refractivity contribution in [1.82, 2.24) is 5.32 Å². The fourth-order valence-electron chi connectivity index (χ4n) is 2.18. The molecule has 0 saturated heterocycles. The van der Waals surface area contributed by atoms with Crippen molar-refractivity contribution in [2.24, 2.45) is 17.6 Å². The van der Waals surface area contributed by atoms with Crippen molar-refractivity contribution in [3.8, 4) is 11.5 Å². The van der Waals surface area contributed by atoms with Crippen LogP contribution >= 0.6 is 15.9 Å². The summed E-state index contributed by atoms with van der Waals surface area (Å²) in [5.74, 6) is 1.80. The highest BCUT2D eigenvalue weighted by molar-refractivity contribution is 9.10. The third kappa shape index (κ3) is 10.3. The number of aldehydes is 1. The van der Waals surface area contributed by atoms with E-state index in [1.807, 2.05) is 39.8 Å². The number of nitrogens with two attached hydrogens (primary N) is 1. The van der Waals surface area contributed by atoms with Gasteiger partial charge in [-0.3, -0.25) is 0 Å². The molecule has 1 amide bonds. The average Bonchev–Trinajstić information content (AvgIpc) is 2.72. The number of carbonyl (C=O) groups is 2. The minimum absolute atomic E-state index is 0.0848. The van der Waals surface area contributed by atoms with Crippen LogP contribution in [0.25, 0.3) is 0 Å². The summed E-state index contributed by atoms with van der Waals surface area (Å²) in [5, 5.41) is 2.70. The summed E-state index contributed by atoms with van der Waals surface area (Å²) in [6.45, 7) is 8.08. The zero-order chi connectivity index (χ0) is 23.3. The van der Waals surface area contributed by atoms with Crippen LogP contribution in [0.4, 0.5) is 4.79 Å². The second-order valence-electron chi connectivity index (χ2n) is 7.19. The first-order valence-corrected chi connectivity index (χ1v) is 10.5. The molecule has 9 heteroatoms. The Kier molecular flexibility index (Phi) is 14.1. The summed E-state index contributed by atoms with van der Waals surface area (Å²) >= 11 is 3.41. The first-order valence-electron chi connectivity index (χ1n) is 9.69. The number of methoxy groups -OCH3 is 3. The van der Waals surface area contributed by atoms with Gasteiger partial charge in [-0.05, 0) is 46.0 Å². The molecule has 172 valence electrons. The van der Waals surface area contributed by atoms with Gasteiger partial charge in [0.2, 0.25) is 6.29 Å². The minimum atomic E-state index is -0.558. The summed E-state index contributed by atoms with van der Waals surface area (Å²) in [4.78, 5) is 21.6. The molecule has 0 aliphatic rings. The molecule has 0 saturated carbocycles. The molecule has 1 aromatic carbocycles. The predicted octanol–water partition coefficient (Wildman–Crippen LogP) is 3.53. The molecule has 2 atom stereocenters. The van der Waals surface area contributed by atoms with Crippen molar-refractivity contribution in [2.45, 2.75) is 46.4 Å². The fourth-order valence-corrected chi connectivity index (χ4v) is 2.66. The Hall–Kier alpha value is -1.84. The van der Waals surface area contributed by atoms with Crippen molar-refractivity contribution >= 4 is 28.3 Å². The molecular formula is C21H35BrN2O6. The maximum absolute atomic E-state index is 11.8. The molecule has 30 heavy (non-hydrogen) atoms. The normalized spacial score (nSPS) is 12.5. The van der Waals surface area contributed by atoms with Crippen molar-refractivity contribution in [3.63, 3.8) is 0 Å². The fraction of sp³-hybridized carbons (Fsp3) is 0.619. The standard InChI is InChI=1S/C16H24BrNO5.C5H11NO/c1-10(2)15(22-5)23-16(19)18-7-6-11-8-14(21-4)12(17)9-13(11)20-3;1-4(2)5(6)3-7/h8-10,15H,6-7H2,1-5H3,(H,18,19);3-5H,6H2,1-2H3. The average molecular weight is 491 g/mol. The Morgan fingerprint density at radius 3 is 2.10 bits per heavy atom. The van der Waals surface area contributed by atoms with Gasteiger partial charge in [-0.1, -0.05) is 27.7 Å². The van der Waals surface area contributed by atoms with Crippen molar-refractivity contribution in [2.75, 3.05) is 27.9 Å². The van der Waals surface area contributed by atoms with Crippen molar-refractivity contribution in [1.29, 1.82) is 0 Å². The Labute approximate surface area is 187 Å². The molecular weight excluding hydrogens is 456 g/mol. The van der Waals surface area contributed by atoms with Crippen LogP contribution in [0.2, 0.25) is 0 Å². The van der Waals surface area contributed by atoms with E-state index < -0.39 is 12.4 Å². The number of carbonyl (C=O) groups excluding carboxylic acids is 2. The Balaban J connectivity index is 0.00000103. The minimum Gasteiger partial charge on any atom is -0.496 e. The third-order valence-corrected chi connectivity index (χ3v) is 4.76. The van der Waals surface area contributed by atoms with Crippen LogP contribution in [0, 0.1) is 11.8 Å². The van der Waals surface area contributed by atoms with Crippen LogP contribution in [-0.2, 0) is 20.7 Å². The van der Waals surface area contributed by atoms with E-state index in [4.69, 9.17) is 24.7 Å². The number of nitrogens with one attached hydrogen (secondary N) is 1. The van der Waals surface area contributed by atoms with Gasteiger partial charge in [0, 0.05) is 19.6 Å². The maximum atomic E-state index is 11.8. The maximum Gasteiger partial charge on any atom is 0.409 e. The van der Waals surface area contributed by atoms with Crippen LogP contribution in [0.5, 0.6) is 11.5 Å². The van der Waals surface area contributed by atoms with E-state index in [0.29, 0.717) is 18.7 Å². The molecule has 0 heterocycles. The highest BCUT2D eigenvalue weighted by Crippen LogP contribution is 2.32. The van der Waals surface area contributed by atoms with Gasteiger partial charge in [-0.2, -0.15) is 0 Å². The SMILES string of the molecule is CC(C)C(N)C=O.COc1cc(CCNC(=O)OC(OC)C(C)C)c(OC)cc1Br. The summed E-state index contributed by atoms with van der Waals surface area (Å²) in [6.07, 6.45) is 0.289. The van der Waals surface area contributed by atoms with E-state index in [-0.39, 0.29) is 17.9 Å². The van der Waals surface area contributed by atoms with E-state index in [9.17, 15) is 9.59 Å². The molecule has 1 aromatic rings. The number of hydrogen-bond acceptors (Lipinski definition) is 7. The second-order valence-corrected chi connectivity index (χ2v) is 8.04. The highest BCUT2D eigenvalue weighted by Gasteiger charge is 2.17. The molecule has 0 spiro atoms. The number of hydrogen-bond donors (Lipinski definition) is 2. The zero-order valence-electron chi connectivity index (χ0n) is 18.9. The molecule has 0 aliphatic heterocycles. The van der Waals surface area contributed by atoms with Gasteiger partial charge < -0.3 is 34.8 Å². The van der Waals surface area contributed by atoms with Crippen molar-refractivity contribution < 1.29 is 28.5 Å². The molecule has 2 unspecified atom stereocenters. The molecule has 1 rings (SSSR count). The van der Waals surface area contributed by atoms with Gasteiger partial charge in [-0.25, -0.2) is 4.79 Å². The van der Waals surface area contributed by atoms with Crippen LogP contribution in [0.15, 0.2) is 16.6 Å². The van der Waals surface area contributed by atoms with E-state index in [1.54, 1.807) is 14.2 Å². The van der Waals surface area contributed by atoms with Crippen LogP contribution in [0.1, 0.15) is 33.3 Å². The van der Waals surface area contributed by atoms with Gasteiger partial charge in [0.1, 0.15) is 17.8 Å². The monoisotopic (exact) mass is 490 g/mol. The molecule has 0 fully saturated rings. The smallest absolute Gasteiger partial charge is 0.409 e. The largest absolute Gasteiger partial charge is 0.496 e. The molecule has 0 bridgehead atoms. The number of ether oxygens (including phenoxy) is 4. The molecule has 0 aliphatic carbocycles. The van der Waals surface area contributed by atoms with Gasteiger partial charge in [-0.15, -0.1) is 0 Å². The first kappa shape index (κ1) is 28.2. The quantitative estimate of drug-likeness (QED) is 0.381. The number of halogens is 1. The Morgan fingerprint density at radius 2 is 1.70 bits per heavy atom. The topological polar surface area (TPSA) is 109 Å². The summed E-state index contributed by atoms with van der Waals surface area (Å²) < 4.78 is 21.7. The second kappa shape index (κ2) is 15.0. The number of benzene rings is 1. The lowest BCUT2D eigenvalue weighted by Crippen LogP contribution is -2.33. The summed E-state index contributed by atoms with van der Waals surface area (Å²) in [7, 11) is 4.71. The lowest BCUT2D eigenvalue weighted by Gasteiger charge is -2.19. The predicted molar refractivity (Wildman–Crippen MR) is 120 cm³/mol. The van der Waals surface area contributed by atoms with E-state index in [0.717, 1.165) is 22.1 Å². The molecule has 0 radical (unpaired) electrons. The summed E-state index contributed by atoms with van der Waals surface area (Å²) in [5.41, 5.74) is 6.18. The Morgan fingerprint density at radius 1 is 1.10 bits per heavy atom. The lowest BCUT2D eigenvalue weighted by molar-refractivity contribution is -0.109. The van der Waals surface area contributed by atoms with Gasteiger partial charge >= 0.3 is 6.09 Å². The van der Waals surface area contributed by atoms with Crippen LogP contribution in [0.3, 0.4) is 0 Å². The van der Waals surface area contributed by atoms with Gasteiger partial charge in [0.15, 0.2) is 0 Å². The Bertz CT molecular complexity index is 655. The molecule has 8 nitrogen and oxygen atoms in total. The number of rotatable bonds is 10. The zero-order valence-corrected chi connectivity index (χ0v) is 20.4. The van der Waals surface area contributed by atoms with E-state index in [2.05, 4.69) is 21.2 Å². The highest BCUT2D eigenvalue weighted by atomic mass is 79.9. The summed E-state index contributed by atoms with van der Waals surface area (Å²) in [6, 6.07) is 3.44. The molecule has 0 aromatic heterocycles. The van der Waals surface area contributed by atoms with Crippen LogP contribution < -0.4 is 20.5 Å². The molecule has 3 N–H and O–H groups in total. The van der Waals surface area contributed by atoms with Crippen molar-refractivity contribution in [3.05, 3.63) is 22.2 Å². The van der Waals surface area contributed by atoms with E-state index in [1.165, 1.54) is 7.11 Å². The van der Waals surface area contributed by atoms with Crippen LogP contribution in [-0.4, -0.2) is 52.6 Å². The van der Waals surface area contributed by atoms with Gasteiger partial charge in [0.25, 0.3) is 0 Å². The third-order valence-electron chi connectivity index (χ3n) is 4.15. The van der Waals surface area contributed by atoms with E-state index >= 15 is 0 Å². The van der Waals surface area contributed by atoms with Gasteiger partial charge in [0.05, 0.1) is 24.7 Å². The number of amides is 1. The number of alkyl carbamates (subject to hydrolysis) is 1. The lowest BCUT2D eigenvalue weighted by atomic mass is 10.1. The first-order chi connectivity index (χ1) is 14.1.